The van der Waals surface area contributed by atoms with Gasteiger partial charge in [-0.1, -0.05) is 41.9 Å². The number of H-pyrrole nitrogens is 1. The summed E-state index contributed by atoms with van der Waals surface area (Å²) in [6.07, 6.45) is 0. The van der Waals surface area contributed by atoms with E-state index < -0.39 is 0 Å². The Balaban J connectivity index is 2.13. The van der Waals surface area contributed by atoms with Crippen LogP contribution in [0.2, 0.25) is 5.02 Å². The molecule has 0 bridgehead atoms. The van der Waals surface area contributed by atoms with Gasteiger partial charge < -0.3 is 4.74 Å². The zero-order chi connectivity index (χ0) is 13.9. The zero-order valence-corrected chi connectivity index (χ0v) is 11.4. The third-order valence-electron chi connectivity index (χ3n) is 2.98. The minimum Gasteiger partial charge on any atom is -0.495 e. The van der Waals surface area contributed by atoms with Crippen LogP contribution in [-0.4, -0.2) is 27.7 Å². The number of hydrogen-bond acceptors (Lipinski definition) is 4. The molecular weight excluding hydrogens is 276 g/mol. The Labute approximate surface area is 120 Å². The van der Waals surface area contributed by atoms with E-state index in [2.05, 4.69) is 20.6 Å². The van der Waals surface area contributed by atoms with Crippen molar-refractivity contribution in [3.63, 3.8) is 0 Å². The number of methoxy groups -OCH3 is 1. The fourth-order valence-electron chi connectivity index (χ4n) is 2.04. The molecule has 100 valence electrons. The number of nitrogens with one attached hydrogen (secondary N) is 1. The van der Waals surface area contributed by atoms with Crippen molar-refractivity contribution in [1.82, 2.24) is 20.6 Å². The van der Waals surface area contributed by atoms with Crippen LogP contribution in [-0.2, 0) is 0 Å². The van der Waals surface area contributed by atoms with Crippen molar-refractivity contribution >= 4 is 11.6 Å². The van der Waals surface area contributed by atoms with Gasteiger partial charge in [0.05, 0.1) is 12.1 Å². The summed E-state index contributed by atoms with van der Waals surface area (Å²) in [5.41, 5.74) is 2.84. The average molecular weight is 287 g/mol. The molecule has 3 rings (SSSR count). The summed E-state index contributed by atoms with van der Waals surface area (Å²) in [7, 11) is 1.59. The highest BCUT2D eigenvalue weighted by molar-refractivity contribution is 6.32. The van der Waals surface area contributed by atoms with Crippen LogP contribution in [0.25, 0.3) is 22.5 Å². The first-order valence-electron chi connectivity index (χ1n) is 5.96. The quantitative estimate of drug-likeness (QED) is 0.803. The number of benzene rings is 2. The third kappa shape index (κ3) is 2.23. The van der Waals surface area contributed by atoms with Gasteiger partial charge in [0.15, 0.2) is 0 Å². The maximum atomic E-state index is 6.18. The number of hydrogen-bond donors (Lipinski definition) is 1. The van der Waals surface area contributed by atoms with Gasteiger partial charge in [-0.2, -0.15) is 5.21 Å². The molecule has 0 saturated heterocycles. The van der Waals surface area contributed by atoms with Crippen LogP contribution in [0.4, 0.5) is 0 Å². The van der Waals surface area contributed by atoms with Crippen LogP contribution in [0.15, 0.2) is 42.5 Å². The zero-order valence-electron chi connectivity index (χ0n) is 10.7. The Bertz CT molecular complexity index is 728. The first-order chi connectivity index (χ1) is 9.79. The lowest BCUT2D eigenvalue weighted by Crippen LogP contribution is -1.89. The lowest BCUT2D eigenvalue weighted by molar-refractivity contribution is 0.415. The van der Waals surface area contributed by atoms with Gasteiger partial charge in [-0.15, -0.1) is 10.2 Å². The Kier molecular flexibility index (Phi) is 3.35. The number of halogens is 1. The van der Waals surface area contributed by atoms with Gasteiger partial charge in [-0.05, 0) is 28.5 Å². The van der Waals surface area contributed by atoms with Crippen molar-refractivity contribution in [1.29, 1.82) is 0 Å². The van der Waals surface area contributed by atoms with Crippen molar-refractivity contribution < 1.29 is 4.74 Å². The molecule has 0 aliphatic carbocycles. The van der Waals surface area contributed by atoms with Gasteiger partial charge in [0.25, 0.3) is 0 Å². The van der Waals surface area contributed by atoms with Crippen molar-refractivity contribution in [3.8, 4) is 28.3 Å². The second kappa shape index (κ2) is 5.30. The topological polar surface area (TPSA) is 63.7 Å². The summed E-state index contributed by atoms with van der Waals surface area (Å²) in [4.78, 5) is 0. The molecule has 1 heterocycles. The summed E-state index contributed by atoms with van der Waals surface area (Å²) < 4.78 is 5.17. The average Bonchev–Trinajstić information content (AvgIpc) is 3.01. The molecule has 5 nitrogen and oxygen atoms in total. The van der Waals surface area contributed by atoms with Gasteiger partial charge >= 0.3 is 0 Å². The standard InChI is InChI=1S/C14H11ClN4O/c1-20-13-7-6-9(8-12(13)15)10-4-2-3-5-11(10)14-16-18-19-17-14/h2-8H,1H3,(H,16,17,18,19). The SMILES string of the molecule is COc1ccc(-c2ccccc2-c2nn[nH]n2)cc1Cl. The predicted molar refractivity (Wildman–Crippen MR) is 76.6 cm³/mol. The molecule has 0 spiro atoms. The highest BCUT2D eigenvalue weighted by Crippen LogP contribution is 2.34. The molecule has 1 N–H and O–H groups in total. The number of tetrazole rings is 1. The predicted octanol–water partition coefficient (Wildman–Crippen LogP) is 3.20. The summed E-state index contributed by atoms with van der Waals surface area (Å²) >= 11 is 6.18. The molecule has 3 aromatic rings. The molecule has 0 aliphatic rings. The summed E-state index contributed by atoms with van der Waals surface area (Å²) in [6, 6.07) is 13.5. The second-order valence-electron chi connectivity index (χ2n) is 4.13. The van der Waals surface area contributed by atoms with E-state index in [0.717, 1.165) is 16.7 Å². The molecule has 0 atom stereocenters. The first-order valence-corrected chi connectivity index (χ1v) is 6.34. The maximum Gasteiger partial charge on any atom is 0.205 e. The summed E-state index contributed by atoms with van der Waals surface area (Å²) in [5, 5.41) is 14.7. The smallest absolute Gasteiger partial charge is 0.205 e. The molecule has 1 aromatic heterocycles. The highest BCUT2D eigenvalue weighted by atomic mass is 35.5. The lowest BCUT2D eigenvalue weighted by Gasteiger charge is -2.09. The molecular formula is C14H11ClN4O. The van der Waals surface area contributed by atoms with Gasteiger partial charge in [-0.25, -0.2) is 0 Å². The fraction of sp³-hybridized carbons (Fsp3) is 0.0714. The van der Waals surface area contributed by atoms with Gasteiger partial charge in [-0.3, -0.25) is 0 Å². The minimum atomic E-state index is 0.549. The maximum absolute atomic E-state index is 6.18. The van der Waals surface area contributed by atoms with Gasteiger partial charge in [0.1, 0.15) is 5.75 Å². The van der Waals surface area contributed by atoms with Crippen molar-refractivity contribution in [3.05, 3.63) is 47.5 Å². The Hall–Kier alpha value is -2.40. The van der Waals surface area contributed by atoms with E-state index in [9.17, 15) is 0 Å². The molecule has 0 unspecified atom stereocenters. The number of rotatable bonds is 3. The molecule has 2 aromatic carbocycles. The second-order valence-corrected chi connectivity index (χ2v) is 4.54. The third-order valence-corrected chi connectivity index (χ3v) is 3.27. The highest BCUT2D eigenvalue weighted by Gasteiger charge is 2.11. The van der Waals surface area contributed by atoms with E-state index in [0.29, 0.717) is 16.6 Å². The van der Waals surface area contributed by atoms with Gasteiger partial charge in [0.2, 0.25) is 5.82 Å². The van der Waals surface area contributed by atoms with Crippen molar-refractivity contribution in [2.45, 2.75) is 0 Å². The van der Waals surface area contributed by atoms with E-state index in [1.807, 2.05) is 42.5 Å². The number of nitrogens with zero attached hydrogens (tertiary/aromatic N) is 3. The van der Waals surface area contributed by atoms with E-state index >= 15 is 0 Å². The van der Waals surface area contributed by atoms with Crippen LogP contribution in [0.5, 0.6) is 5.75 Å². The molecule has 6 heteroatoms. The monoisotopic (exact) mass is 286 g/mol. The Morgan fingerprint density at radius 2 is 1.90 bits per heavy atom. The van der Waals surface area contributed by atoms with Crippen LogP contribution in [0, 0.1) is 0 Å². The van der Waals surface area contributed by atoms with Gasteiger partial charge in [0, 0.05) is 5.56 Å². The van der Waals surface area contributed by atoms with E-state index in [1.165, 1.54) is 0 Å². The molecule has 0 saturated carbocycles. The minimum absolute atomic E-state index is 0.549. The number of aromatic amines is 1. The molecule has 0 aliphatic heterocycles. The van der Waals surface area contributed by atoms with Crippen molar-refractivity contribution in [2.24, 2.45) is 0 Å². The molecule has 20 heavy (non-hydrogen) atoms. The first kappa shape index (κ1) is 12.6. The normalized spacial score (nSPS) is 10.5. The van der Waals surface area contributed by atoms with E-state index in [1.54, 1.807) is 7.11 Å². The van der Waals surface area contributed by atoms with Crippen LogP contribution < -0.4 is 4.74 Å². The Morgan fingerprint density at radius 1 is 1.10 bits per heavy atom. The summed E-state index contributed by atoms with van der Waals surface area (Å²) in [5.74, 6) is 1.19. The van der Waals surface area contributed by atoms with Crippen LogP contribution in [0.1, 0.15) is 0 Å². The van der Waals surface area contributed by atoms with Crippen LogP contribution in [0.3, 0.4) is 0 Å². The lowest BCUT2D eigenvalue weighted by atomic mass is 9.99. The van der Waals surface area contributed by atoms with Crippen LogP contribution >= 0.6 is 11.6 Å². The fourth-order valence-corrected chi connectivity index (χ4v) is 2.30. The number of aromatic nitrogens is 4. The van der Waals surface area contributed by atoms with Crippen molar-refractivity contribution in [2.75, 3.05) is 7.11 Å². The number of ether oxygens (including phenoxy) is 1. The molecule has 0 radical (unpaired) electrons. The summed E-state index contributed by atoms with van der Waals surface area (Å²) in [6.45, 7) is 0. The van der Waals surface area contributed by atoms with E-state index in [-0.39, 0.29) is 0 Å². The Morgan fingerprint density at radius 3 is 2.55 bits per heavy atom. The van der Waals surface area contributed by atoms with E-state index in [4.69, 9.17) is 16.3 Å². The molecule has 0 amide bonds. The largest absolute Gasteiger partial charge is 0.495 e. The molecule has 0 fully saturated rings.